The summed E-state index contributed by atoms with van der Waals surface area (Å²) in [5.41, 5.74) is 1.59. The van der Waals surface area contributed by atoms with Gasteiger partial charge in [-0.05, 0) is 35.9 Å². The lowest BCUT2D eigenvalue weighted by atomic mass is 9.96. The van der Waals surface area contributed by atoms with E-state index in [1.54, 1.807) is 10.3 Å². The zero-order valence-corrected chi connectivity index (χ0v) is 13.5. The van der Waals surface area contributed by atoms with Crippen molar-refractivity contribution in [3.05, 3.63) is 47.0 Å². The largest absolute Gasteiger partial charge is 0.333 e. The van der Waals surface area contributed by atoms with Crippen molar-refractivity contribution in [2.75, 3.05) is 7.05 Å². The second-order valence-corrected chi connectivity index (χ2v) is 6.21. The van der Waals surface area contributed by atoms with Gasteiger partial charge in [0.05, 0.1) is 6.04 Å². The highest BCUT2D eigenvalue weighted by Crippen LogP contribution is 2.27. The van der Waals surface area contributed by atoms with Gasteiger partial charge in [-0.15, -0.1) is 5.10 Å². The van der Waals surface area contributed by atoms with Crippen LogP contribution in [0.2, 0.25) is 0 Å². The van der Waals surface area contributed by atoms with Gasteiger partial charge in [0.2, 0.25) is 0 Å². The first kappa shape index (κ1) is 15.6. The maximum absolute atomic E-state index is 12.5. The van der Waals surface area contributed by atoms with E-state index < -0.39 is 0 Å². The summed E-state index contributed by atoms with van der Waals surface area (Å²) in [6.07, 6.45) is 2.02. The molecule has 0 saturated carbocycles. The number of carbonyl (C=O) groups excluding carboxylic acids is 1. The molecule has 0 bridgehead atoms. The van der Waals surface area contributed by atoms with Crippen molar-refractivity contribution in [3.63, 3.8) is 0 Å². The van der Waals surface area contributed by atoms with Gasteiger partial charge in [0.15, 0.2) is 5.69 Å². The van der Waals surface area contributed by atoms with Gasteiger partial charge in [-0.25, -0.2) is 0 Å². The molecule has 0 fully saturated rings. The van der Waals surface area contributed by atoms with Crippen LogP contribution in [0.1, 0.15) is 48.8 Å². The van der Waals surface area contributed by atoms with E-state index in [4.69, 9.17) is 0 Å². The molecule has 2 aromatic rings. The lowest BCUT2D eigenvalue weighted by Gasteiger charge is -2.28. The number of aromatic nitrogens is 2. The van der Waals surface area contributed by atoms with E-state index in [1.807, 2.05) is 25.2 Å². The van der Waals surface area contributed by atoms with E-state index in [1.165, 1.54) is 11.5 Å². The Morgan fingerprint density at radius 1 is 1.24 bits per heavy atom. The monoisotopic (exact) mass is 303 g/mol. The number of amides is 1. The normalized spacial score (nSPS) is 12.4. The van der Waals surface area contributed by atoms with Crippen molar-refractivity contribution < 1.29 is 4.79 Å². The number of hydrogen-bond acceptors (Lipinski definition) is 4. The van der Waals surface area contributed by atoms with Crippen molar-refractivity contribution in [3.8, 4) is 0 Å². The van der Waals surface area contributed by atoms with Gasteiger partial charge in [0, 0.05) is 12.4 Å². The van der Waals surface area contributed by atoms with E-state index >= 15 is 0 Å². The highest BCUT2D eigenvalue weighted by atomic mass is 32.1. The molecular formula is C16H21N3OS. The van der Waals surface area contributed by atoms with Crippen LogP contribution in [0, 0.1) is 5.92 Å². The molecule has 0 N–H and O–H groups in total. The predicted molar refractivity (Wildman–Crippen MR) is 85.3 cm³/mol. The number of nitrogens with zero attached hydrogens (tertiary/aromatic N) is 3. The summed E-state index contributed by atoms with van der Waals surface area (Å²) < 4.78 is 3.78. The molecule has 4 nitrogen and oxygen atoms in total. The smallest absolute Gasteiger partial charge is 0.275 e. The second-order valence-electron chi connectivity index (χ2n) is 5.60. The van der Waals surface area contributed by atoms with Crippen molar-refractivity contribution in [1.82, 2.24) is 14.5 Å². The van der Waals surface area contributed by atoms with Crippen LogP contribution >= 0.6 is 11.5 Å². The summed E-state index contributed by atoms with van der Waals surface area (Å²) in [6.45, 7) is 4.41. The van der Waals surface area contributed by atoms with Crippen LogP contribution < -0.4 is 0 Å². The molecule has 5 heteroatoms. The third kappa shape index (κ3) is 4.11. The van der Waals surface area contributed by atoms with E-state index in [9.17, 15) is 4.79 Å². The third-order valence-electron chi connectivity index (χ3n) is 3.57. The summed E-state index contributed by atoms with van der Waals surface area (Å²) in [6, 6.07) is 10.3. The second kappa shape index (κ2) is 7.31. The maximum atomic E-state index is 12.5. The Morgan fingerprint density at radius 3 is 2.52 bits per heavy atom. The minimum Gasteiger partial charge on any atom is -0.333 e. The first-order valence-corrected chi connectivity index (χ1v) is 8.02. The fraction of sp³-hybridized carbons (Fsp3) is 0.438. The Labute approximate surface area is 130 Å². The Balaban J connectivity index is 2.20. The highest BCUT2D eigenvalue weighted by Gasteiger charge is 2.24. The number of benzene rings is 1. The molecule has 1 aromatic carbocycles. The molecule has 1 atom stereocenters. The molecule has 0 spiro atoms. The van der Waals surface area contributed by atoms with Crippen molar-refractivity contribution in [2.45, 2.75) is 32.7 Å². The van der Waals surface area contributed by atoms with E-state index in [2.05, 4.69) is 35.6 Å². The zero-order chi connectivity index (χ0) is 15.2. The zero-order valence-electron chi connectivity index (χ0n) is 12.7. The van der Waals surface area contributed by atoms with Crippen molar-refractivity contribution in [2.24, 2.45) is 5.92 Å². The fourth-order valence-corrected chi connectivity index (χ4v) is 2.76. The number of carbonyl (C=O) groups is 1. The molecule has 0 aliphatic heterocycles. The molecule has 0 radical (unpaired) electrons. The van der Waals surface area contributed by atoms with Crippen molar-refractivity contribution in [1.29, 1.82) is 0 Å². The summed E-state index contributed by atoms with van der Waals surface area (Å²) in [4.78, 5) is 14.3. The van der Waals surface area contributed by atoms with E-state index in [0.29, 0.717) is 11.6 Å². The third-order valence-corrected chi connectivity index (χ3v) is 4.07. The molecule has 0 unspecified atom stereocenters. The summed E-state index contributed by atoms with van der Waals surface area (Å²) in [5, 5.41) is 5.58. The van der Waals surface area contributed by atoms with Gasteiger partial charge in [0.25, 0.3) is 5.91 Å². The lowest BCUT2D eigenvalue weighted by Crippen LogP contribution is -2.31. The molecule has 0 aliphatic rings. The quantitative estimate of drug-likeness (QED) is 0.815. The summed E-state index contributed by atoms with van der Waals surface area (Å²) >= 11 is 1.20. The molecule has 0 aliphatic carbocycles. The Kier molecular flexibility index (Phi) is 5.44. The van der Waals surface area contributed by atoms with Gasteiger partial charge >= 0.3 is 0 Å². The van der Waals surface area contributed by atoms with Gasteiger partial charge < -0.3 is 4.90 Å². The van der Waals surface area contributed by atoms with Crippen LogP contribution in [-0.4, -0.2) is 27.4 Å². The molecule has 1 aromatic heterocycles. The number of hydrogen-bond donors (Lipinski definition) is 0. The van der Waals surface area contributed by atoms with Gasteiger partial charge in [-0.2, -0.15) is 0 Å². The summed E-state index contributed by atoms with van der Waals surface area (Å²) in [5.74, 6) is 0.544. The van der Waals surface area contributed by atoms with Gasteiger partial charge in [-0.3, -0.25) is 4.79 Å². The van der Waals surface area contributed by atoms with Crippen LogP contribution in [0.5, 0.6) is 0 Å². The summed E-state index contributed by atoms with van der Waals surface area (Å²) in [7, 11) is 1.85. The SMILES string of the molecule is CC(C)CC[C@H](c1ccccc1)N(C)C(=O)c1csnn1. The molecule has 2 rings (SSSR count). The van der Waals surface area contributed by atoms with Gasteiger partial charge in [0.1, 0.15) is 0 Å². The van der Waals surface area contributed by atoms with E-state index in [-0.39, 0.29) is 11.9 Å². The topological polar surface area (TPSA) is 46.1 Å². The van der Waals surface area contributed by atoms with Crippen LogP contribution in [-0.2, 0) is 0 Å². The first-order chi connectivity index (χ1) is 10.1. The molecular weight excluding hydrogens is 282 g/mol. The standard InChI is InChI=1S/C16H21N3OS/c1-12(2)9-10-15(13-7-5-4-6-8-13)19(3)16(20)14-11-21-18-17-14/h4-8,11-12,15H,9-10H2,1-3H3/t15-/m1/s1. The highest BCUT2D eigenvalue weighted by molar-refractivity contribution is 7.03. The minimum atomic E-state index is -0.0682. The molecule has 112 valence electrons. The average molecular weight is 303 g/mol. The lowest BCUT2D eigenvalue weighted by molar-refractivity contribution is 0.0711. The molecule has 21 heavy (non-hydrogen) atoms. The Bertz CT molecular complexity index is 554. The van der Waals surface area contributed by atoms with Crippen LogP contribution in [0.15, 0.2) is 35.7 Å². The van der Waals surface area contributed by atoms with E-state index in [0.717, 1.165) is 18.4 Å². The molecule has 1 heterocycles. The van der Waals surface area contributed by atoms with Gasteiger partial charge in [-0.1, -0.05) is 48.7 Å². The maximum Gasteiger partial charge on any atom is 0.275 e. The Hall–Kier alpha value is -1.75. The average Bonchev–Trinajstić information content (AvgIpc) is 3.01. The predicted octanol–water partition coefficient (Wildman–Crippen LogP) is 3.79. The first-order valence-electron chi connectivity index (χ1n) is 7.18. The fourth-order valence-electron chi connectivity index (χ4n) is 2.33. The minimum absolute atomic E-state index is 0.0682. The van der Waals surface area contributed by atoms with Crippen molar-refractivity contribution >= 4 is 17.4 Å². The van der Waals surface area contributed by atoms with Crippen LogP contribution in [0.25, 0.3) is 0 Å². The molecule has 1 amide bonds. The van der Waals surface area contributed by atoms with Crippen LogP contribution in [0.4, 0.5) is 0 Å². The number of rotatable bonds is 6. The van der Waals surface area contributed by atoms with Crippen LogP contribution in [0.3, 0.4) is 0 Å². The molecule has 0 saturated heterocycles. The Morgan fingerprint density at radius 2 is 1.95 bits per heavy atom.